The predicted molar refractivity (Wildman–Crippen MR) is 68.6 cm³/mol. The van der Waals surface area contributed by atoms with Gasteiger partial charge in [-0.2, -0.15) is 0 Å². The molecule has 0 spiro atoms. The van der Waals surface area contributed by atoms with Gasteiger partial charge < -0.3 is 9.88 Å². The molecule has 0 saturated carbocycles. The first-order chi connectivity index (χ1) is 7.97. The number of aromatic nitrogens is 1. The quantitative estimate of drug-likeness (QED) is 0.838. The molecule has 1 unspecified atom stereocenters. The summed E-state index contributed by atoms with van der Waals surface area (Å²) in [4.78, 5) is 17.6. The molecule has 1 aliphatic rings. The number of hydrogen-bond acceptors (Lipinski definition) is 1. The van der Waals surface area contributed by atoms with Gasteiger partial charge in [-0.05, 0) is 30.4 Å². The molecule has 0 aliphatic carbocycles. The number of likely N-dealkylation sites (tertiary alicyclic amines) is 1. The summed E-state index contributed by atoms with van der Waals surface area (Å²) in [5.41, 5.74) is 1.24. The largest absolute Gasteiger partial charge is 0.363 e. The highest BCUT2D eigenvalue weighted by molar-refractivity contribution is 5.77. The second-order valence-corrected chi connectivity index (χ2v) is 6.11. The molecule has 0 bridgehead atoms. The van der Waals surface area contributed by atoms with Crippen molar-refractivity contribution in [1.29, 1.82) is 0 Å². The highest BCUT2D eigenvalue weighted by atomic mass is 16.2. The average Bonchev–Trinajstić information content (AvgIpc) is 2.85. The standard InChI is InChI=1S/C14H22N2O/c1-14(2,3)10-13(17)16-9-5-7-12(16)11-6-4-8-15-11/h4,6,8,12,15H,5,7,9-10H2,1-3H3. The predicted octanol–water partition coefficient (Wildman–Crippen LogP) is 3.11. The molecule has 2 rings (SSSR count). The highest BCUT2D eigenvalue weighted by Crippen LogP contribution is 2.33. The molecule has 1 N–H and O–H groups in total. The monoisotopic (exact) mass is 234 g/mol. The van der Waals surface area contributed by atoms with Gasteiger partial charge in [0.15, 0.2) is 0 Å². The summed E-state index contributed by atoms with van der Waals surface area (Å²) in [6.07, 6.45) is 4.75. The molecule has 0 aromatic carbocycles. The van der Waals surface area contributed by atoms with Crippen LogP contribution in [0, 0.1) is 5.41 Å². The van der Waals surface area contributed by atoms with E-state index in [1.54, 1.807) is 0 Å². The maximum atomic E-state index is 12.3. The first-order valence-corrected chi connectivity index (χ1v) is 6.40. The van der Waals surface area contributed by atoms with Gasteiger partial charge in [0, 0.05) is 24.9 Å². The lowest BCUT2D eigenvalue weighted by molar-refractivity contribution is -0.134. The first-order valence-electron chi connectivity index (χ1n) is 6.40. The normalized spacial score (nSPS) is 20.9. The maximum absolute atomic E-state index is 12.3. The van der Waals surface area contributed by atoms with Gasteiger partial charge >= 0.3 is 0 Å². The number of nitrogens with one attached hydrogen (secondary N) is 1. The number of carbonyl (C=O) groups is 1. The van der Waals surface area contributed by atoms with Crippen molar-refractivity contribution in [2.24, 2.45) is 5.41 Å². The lowest BCUT2D eigenvalue weighted by Crippen LogP contribution is -2.33. The lowest BCUT2D eigenvalue weighted by atomic mass is 9.91. The van der Waals surface area contributed by atoms with Gasteiger partial charge in [-0.25, -0.2) is 0 Å². The van der Waals surface area contributed by atoms with Crippen LogP contribution in [0.5, 0.6) is 0 Å². The van der Waals surface area contributed by atoms with Gasteiger partial charge in [-0.3, -0.25) is 4.79 Å². The molecular weight excluding hydrogens is 212 g/mol. The fourth-order valence-corrected chi connectivity index (χ4v) is 2.50. The van der Waals surface area contributed by atoms with Gasteiger partial charge in [0.2, 0.25) is 5.91 Å². The Bertz CT molecular complexity index is 375. The van der Waals surface area contributed by atoms with Crippen LogP contribution in [0.2, 0.25) is 0 Å². The Kier molecular flexibility index (Phi) is 3.27. The number of rotatable bonds is 2. The molecule has 1 aromatic rings. The van der Waals surface area contributed by atoms with Crippen LogP contribution in [0.25, 0.3) is 0 Å². The summed E-state index contributed by atoms with van der Waals surface area (Å²) >= 11 is 0. The van der Waals surface area contributed by atoms with Gasteiger partial charge in [-0.1, -0.05) is 20.8 Å². The van der Waals surface area contributed by atoms with Crippen LogP contribution in [0.15, 0.2) is 18.3 Å². The minimum atomic E-state index is 0.0694. The van der Waals surface area contributed by atoms with E-state index in [1.807, 2.05) is 17.2 Å². The van der Waals surface area contributed by atoms with E-state index in [0.717, 1.165) is 19.4 Å². The zero-order chi connectivity index (χ0) is 12.5. The number of nitrogens with zero attached hydrogens (tertiary/aromatic N) is 1. The molecule has 17 heavy (non-hydrogen) atoms. The lowest BCUT2D eigenvalue weighted by Gasteiger charge is -2.27. The molecule has 1 aliphatic heterocycles. The zero-order valence-corrected chi connectivity index (χ0v) is 11.0. The molecule has 3 nitrogen and oxygen atoms in total. The Morgan fingerprint density at radius 1 is 1.53 bits per heavy atom. The average molecular weight is 234 g/mol. The molecule has 1 saturated heterocycles. The van der Waals surface area contributed by atoms with E-state index in [-0.39, 0.29) is 17.4 Å². The molecule has 2 heterocycles. The second kappa shape index (κ2) is 4.55. The number of hydrogen-bond donors (Lipinski definition) is 1. The summed E-state index contributed by atoms with van der Waals surface area (Å²) < 4.78 is 0. The van der Waals surface area contributed by atoms with Crippen LogP contribution in [-0.4, -0.2) is 22.3 Å². The van der Waals surface area contributed by atoms with Crippen LogP contribution in [0.1, 0.15) is 51.8 Å². The number of aromatic amines is 1. The van der Waals surface area contributed by atoms with E-state index in [0.29, 0.717) is 6.42 Å². The summed E-state index contributed by atoms with van der Waals surface area (Å²) in [7, 11) is 0. The highest BCUT2D eigenvalue weighted by Gasteiger charge is 2.32. The molecule has 1 fully saturated rings. The van der Waals surface area contributed by atoms with Crippen molar-refractivity contribution in [1.82, 2.24) is 9.88 Å². The van der Waals surface area contributed by atoms with Crippen molar-refractivity contribution in [2.45, 2.75) is 46.1 Å². The summed E-state index contributed by atoms with van der Waals surface area (Å²) in [5, 5.41) is 0. The summed E-state index contributed by atoms with van der Waals surface area (Å²) in [6, 6.07) is 4.34. The Hall–Kier alpha value is -1.25. The van der Waals surface area contributed by atoms with Crippen molar-refractivity contribution in [2.75, 3.05) is 6.54 Å². The maximum Gasteiger partial charge on any atom is 0.223 e. The molecule has 3 heteroatoms. The van der Waals surface area contributed by atoms with Crippen LogP contribution in [0.3, 0.4) is 0 Å². The second-order valence-electron chi connectivity index (χ2n) is 6.11. The molecular formula is C14H22N2O. The number of H-pyrrole nitrogens is 1. The van der Waals surface area contributed by atoms with E-state index in [9.17, 15) is 4.79 Å². The minimum Gasteiger partial charge on any atom is -0.363 e. The van der Waals surface area contributed by atoms with Crippen LogP contribution < -0.4 is 0 Å². The smallest absolute Gasteiger partial charge is 0.223 e. The van der Waals surface area contributed by atoms with E-state index < -0.39 is 0 Å². The van der Waals surface area contributed by atoms with Crippen molar-refractivity contribution in [3.05, 3.63) is 24.0 Å². The van der Waals surface area contributed by atoms with Gasteiger partial charge in [0.1, 0.15) is 0 Å². The van der Waals surface area contributed by atoms with Crippen molar-refractivity contribution >= 4 is 5.91 Å². The summed E-state index contributed by atoms with van der Waals surface area (Å²) in [5.74, 6) is 0.287. The van der Waals surface area contributed by atoms with Crippen LogP contribution in [-0.2, 0) is 4.79 Å². The first kappa shape index (κ1) is 12.2. The summed E-state index contributed by atoms with van der Waals surface area (Å²) in [6.45, 7) is 7.25. The van der Waals surface area contributed by atoms with Gasteiger partial charge in [-0.15, -0.1) is 0 Å². The Morgan fingerprint density at radius 3 is 2.88 bits per heavy atom. The third-order valence-electron chi connectivity index (χ3n) is 3.24. The van der Waals surface area contributed by atoms with E-state index in [4.69, 9.17) is 0 Å². The van der Waals surface area contributed by atoms with Gasteiger partial charge in [0.25, 0.3) is 0 Å². The van der Waals surface area contributed by atoms with Crippen molar-refractivity contribution in [3.8, 4) is 0 Å². The van der Waals surface area contributed by atoms with Crippen LogP contribution >= 0.6 is 0 Å². The fraction of sp³-hybridized carbons (Fsp3) is 0.643. The molecule has 0 radical (unpaired) electrons. The van der Waals surface area contributed by atoms with Crippen molar-refractivity contribution in [3.63, 3.8) is 0 Å². The Morgan fingerprint density at radius 2 is 2.29 bits per heavy atom. The third-order valence-corrected chi connectivity index (χ3v) is 3.24. The number of carbonyl (C=O) groups excluding carboxylic acids is 1. The Labute approximate surface area is 103 Å². The van der Waals surface area contributed by atoms with Gasteiger partial charge in [0.05, 0.1) is 6.04 Å². The molecule has 94 valence electrons. The minimum absolute atomic E-state index is 0.0694. The molecule has 1 aromatic heterocycles. The van der Waals surface area contributed by atoms with Crippen molar-refractivity contribution < 1.29 is 4.79 Å². The Balaban J connectivity index is 2.07. The van der Waals surface area contributed by atoms with Crippen LogP contribution in [0.4, 0.5) is 0 Å². The number of amides is 1. The van der Waals surface area contributed by atoms with E-state index >= 15 is 0 Å². The zero-order valence-electron chi connectivity index (χ0n) is 11.0. The fourth-order valence-electron chi connectivity index (χ4n) is 2.50. The van der Waals surface area contributed by atoms with E-state index in [1.165, 1.54) is 5.69 Å². The molecule has 1 amide bonds. The van der Waals surface area contributed by atoms with E-state index in [2.05, 4.69) is 31.8 Å². The topological polar surface area (TPSA) is 36.1 Å². The molecule has 1 atom stereocenters. The third kappa shape index (κ3) is 2.90. The SMILES string of the molecule is CC(C)(C)CC(=O)N1CCCC1c1ccc[nH]1.